The summed E-state index contributed by atoms with van der Waals surface area (Å²) in [4.78, 5) is 0. The first kappa shape index (κ1) is 7.84. The van der Waals surface area contributed by atoms with Gasteiger partial charge in [0, 0.05) is 5.54 Å². The number of nitrogens with one attached hydrogen (secondary N) is 1. The highest BCUT2D eigenvalue weighted by Crippen LogP contribution is 2.05. The molecule has 0 unspecified atom stereocenters. The van der Waals surface area contributed by atoms with E-state index in [9.17, 15) is 5.21 Å². The fourth-order valence-electron chi connectivity index (χ4n) is 0.194. The SMILES string of the molecule is CC(C)(C)N([O-])NN. The van der Waals surface area contributed by atoms with E-state index in [1.54, 1.807) is 20.8 Å². The van der Waals surface area contributed by atoms with Gasteiger partial charge in [0.1, 0.15) is 0 Å². The minimum absolute atomic E-state index is 0.450. The number of hydrogen-bond acceptors (Lipinski definition) is 4. The first-order chi connectivity index (χ1) is 3.48. The zero-order valence-corrected chi connectivity index (χ0v) is 5.43. The minimum atomic E-state index is -0.450. The molecule has 0 aliphatic carbocycles. The third-order valence-electron chi connectivity index (χ3n) is 0.727. The maximum Gasteiger partial charge on any atom is 0.0148 e. The molecule has 0 heterocycles. The Morgan fingerprint density at radius 3 is 1.88 bits per heavy atom. The third kappa shape index (κ3) is 2.23. The molecule has 0 spiro atoms. The lowest BCUT2D eigenvalue weighted by atomic mass is 10.1. The summed E-state index contributed by atoms with van der Waals surface area (Å²) in [5, 5.41) is 11.1. The second kappa shape index (κ2) is 2.41. The molecule has 0 aromatic rings. The van der Waals surface area contributed by atoms with Crippen LogP contribution in [0.25, 0.3) is 0 Å². The molecule has 0 rings (SSSR count). The summed E-state index contributed by atoms with van der Waals surface area (Å²) < 4.78 is 0. The van der Waals surface area contributed by atoms with E-state index in [0.717, 1.165) is 0 Å². The molecule has 0 radical (unpaired) electrons. The average Bonchev–Trinajstić information content (AvgIpc) is 1.62. The fourth-order valence-corrected chi connectivity index (χ4v) is 0.194. The third-order valence-corrected chi connectivity index (χ3v) is 0.727. The number of rotatable bonds is 1. The highest BCUT2D eigenvalue weighted by Gasteiger charge is 2.09. The number of hydrogen-bond donors (Lipinski definition) is 2. The van der Waals surface area contributed by atoms with Crippen LogP contribution < -0.4 is 11.4 Å². The summed E-state index contributed by atoms with van der Waals surface area (Å²) in [6.45, 7) is 5.29. The first-order valence-electron chi connectivity index (χ1n) is 2.42. The number of hydrazine groups is 2. The Bertz CT molecular complexity index is 68.2. The van der Waals surface area contributed by atoms with Gasteiger partial charge in [0.05, 0.1) is 0 Å². The number of nitrogens with two attached hydrogens (primary N) is 1. The van der Waals surface area contributed by atoms with Gasteiger partial charge in [0.25, 0.3) is 0 Å². The highest BCUT2D eigenvalue weighted by molar-refractivity contribution is 4.71. The van der Waals surface area contributed by atoms with E-state index >= 15 is 0 Å². The monoisotopic (exact) mass is 118 g/mol. The second-order valence-corrected chi connectivity index (χ2v) is 2.59. The van der Waals surface area contributed by atoms with Gasteiger partial charge in [-0.25, -0.2) is 5.53 Å². The van der Waals surface area contributed by atoms with Crippen LogP contribution >= 0.6 is 0 Å². The van der Waals surface area contributed by atoms with Crippen molar-refractivity contribution in [2.75, 3.05) is 0 Å². The van der Waals surface area contributed by atoms with Crippen molar-refractivity contribution in [2.24, 2.45) is 5.84 Å². The van der Waals surface area contributed by atoms with Gasteiger partial charge in [-0.05, 0) is 20.8 Å². The Morgan fingerprint density at radius 1 is 1.50 bits per heavy atom. The molecule has 0 aromatic heterocycles. The summed E-state index contributed by atoms with van der Waals surface area (Å²) in [5.74, 6) is 4.82. The Morgan fingerprint density at radius 2 is 1.88 bits per heavy atom. The Labute approximate surface area is 49.2 Å². The molecule has 0 amide bonds. The first-order valence-corrected chi connectivity index (χ1v) is 2.42. The van der Waals surface area contributed by atoms with Crippen LogP contribution in [0.15, 0.2) is 0 Å². The van der Waals surface area contributed by atoms with Crippen molar-refractivity contribution in [3.63, 3.8) is 0 Å². The summed E-state index contributed by atoms with van der Waals surface area (Å²) >= 11 is 0. The van der Waals surface area contributed by atoms with Crippen LogP contribution in [0.5, 0.6) is 0 Å². The normalized spacial score (nSPS) is 12.8. The van der Waals surface area contributed by atoms with Crippen molar-refractivity contribution >= 4 is 0 Å². The Kier molecular flexibility index (Phi) is 2.36. The van der Waals surface area contributed by atoms with Crippen LogP contribution in [0, 0.1) is 5.21 Å². The molecule has 8 heavy (non-hydrogen) atoms. The second-order valence-electron chi connectivity index (χ2n) is 2.59. The predicted molar refractivity (Wildman–Crippen MR) is 32.3 cm³/mol. The lowest BCUT2D eigenvalue weighted by molar-refractivity contribution is 0.138. The van der Waals surface area contributed by atoms with E-state index in [4.69, 9.17) is 5.84 Å². The molecule has 4 heteroatoms. The van der Waals surface area contributed by atoms with Crippen LogP contribution in [-0.4, -0.2) is 10.7 Å². The van der Waals surface area contributed by atoms with Crippen molar-refractivity contribution in [2.45, 2.75) is 26.3 Å². The quantitative estimate of drug-likeness (QED) is 0.374. The van der Waals surface area contributed by atoms with Gasteiger partial charge in [0.15, 0.2) is 0 Å². The zero-order chi connectivity index (χ0) is 6.78. The summed E-state index contributed by atoms with van der Waals surface area (Å²) in [6.07, 6.45) is 0. The van der Waals surface area contributed by atoms with Gasteiger partial charge in [-0.3, -0.25) is 5.84 Å². The van der Waals surface area contributed by atoms with Gasteiger partial charge in [-0.15, -0.1) is 0 Å². The zero-order valence-electron chi connectivity index (χ0n) is 5.43. The van der Waals surface area contributed by atoms with Gasteiger partial charge in [0.2, 0.25) is 0 Å². The van der Waals surface area contributed by atoms with Crippen LogP contribution in [0.1, 0.15) is 20.8 Å². The molecular weight excluding hydrogens is 106 g/mol. The van der Waals surface area contributed by atoms with Gasteiger partial charge >= 0.3 is 0 Å². The van der Waals surface area contributed by atoms with Crippen LogP contribution in [0.3, 0.4) is 0 Å². The molecule has 50 valence electrons. The molecule has 0 aromatic carbocycles. The largest absolute Gasteiger partial charge is 0.770 e. The molecule has 0 bridgehead atoms. The van der Waals surface area contributed by atoms with Crippen LogP contribution in [0.2, 0.25) is 0 Å². The van der Waals surface area contributed by atoms with Crippen molar-refractivity contribution in [1.82, 2.24) is 10.7 Å². The summed E-state index contributed by atoms with van der Waals surface area (Å²) in [5.41, 5.74) is 1.53. The van der Waals surface area contributed by atoms with E-state index < -0.39 is 5.54 Å². The smallest absolute Gasteiger partial charge is 0.0148 e. The van der Waals surface area contributed by atoms with E-state index in [0.29, 0.717) is 5.17 Å². The van der Waals surface area contributed by atoms with Crippen molar-refractivity contribution in [3.8, 4) is 0 Å². The lowest BCUT2D eigenvalue weighted by Gasteiger charge is -2.39. The summed E-state index contributed by atoms with van der Waals surface area (Å²) in [7, 11) is 0. The van der Waals surface area contributed by atoms with Crippen molar-refractivity contribution in [1.29, 1.82) is 0 Å². The molecule has 0 fully saturated rings. The maximum atomic E-state index is 10.5. The van der Waals surface area contributed by atoms with Crippen LogP contribution in [-0.2, 0) is 0 Å². The number of hydroxylamine groups is 1. The predicted octanol–water partition coefficient (Wildman–Crippen LogP) is -0.0370. The lowest BCUT2D eigenvalue weighted by Crippen LogP contribution is -2.49. The van der Waals surface area contributed by atoms with Crippen LogP contribution in [0.4, 0.5) is 0 Å². The van der Waals surface area contributed by atoms with Crippen molar-refractivity contribution in [3.05, 3.63) is 5.21 Å². The highest BCUT2D eigenvalue weighted by atomic mass is 16.6. The molecule has 0 saturated heterocycles. The molecule has 4 nitrogen and oxygen atoms in total. The average molecular weight is 118 g/mol. The standard InChI is InChI=1S/C4H12N3O/c1-4(2,3)7(8)6-5/h6H,5H2,1-3H3/q-1. The minimum Gasteiger partial charge on any atom is -0.770 e. The molecule has 3 N–H and O–H groups in total. The topological polar surface area (TPSA) is 64.3 Å². The van der Waals surface area contributed by atoms with Gasteiger partial charge in [-0.1, -0.05) is 0 Å². The van der Waals surface area contributed by atoms with E-state index in [1.165, 1.54) is 0 Å². The Balaban J connectivity index is 3.62. The summed E-state index contributed by atoms with van der Waals surface area (Å²) in [6, 6.07) is 0. The molecular formula is C4H12N3O-. The maximum absolute atomic E-state index is 10.5. The molecule has 0 aliphatic heterocycles. The van der Waals surface area contributed by atoms with E-state index in [1.807, 2.05) is 5.53 Å². The van der Waals surface area contributed by atoms with Gasteiger partial charge in [-0.2, -0.15) is 0 Å². The number of nitrogens with zero attached hydrogens (tertiary/aromatic N) is 1. The van der Waals surface area contributed by atoms with E-state index in [-0.39, 0.29) is 0 Å². The van der Waals surface area contributed by atoms with Crippen molar-refractivity contribution < 1.29 is 0 Å². The fraction of sp³-hybridized carbons (Fsp3) is 1.00. The Hall–Kier alpha value is -0.160. The molecule has 0 atom stereocenters. The molecule has 0 saturated carbocycles. The van der Waals surface area contributed by atoms with Gasteiger partial charge < -0.3 is 10.4 Å². The molecule has 0 aliphatic rings. The van der Waals surface area contributed by atoms with E-state index in [2.05, 4.69) is 0 Å².